The molecular weight excluding hydrogens is 505 g/mol. The molecule has 0 amide bonds. The van der Waals surface area contributed by atoms with Crippen LogP contribution in [0.2, 0.25) is 5.02 Å². The summed E-state index contributed by atoms with van der Waals surface area (Å²) in [5.74, 6) is 2.57. The zero-order valence-electron chi connectivity index (χ0n) is 17.7. The summed E-state index contributed by atoms with van der Waals surface area (Å²) in [6, 6.07) is 3.87. The first-order valence-corrected chi connectivity index (χ1v) is 10.4. The molecule has 2 N–H and O–H groups in total. The maximum atomic E-state index is 6.33. The molecule has 164 valence electrons. The second kappa shape index (κ2) is 10.9. The first-order valence-electron chi connectivity index (χ1n) is 10.0. The lowest BCUT2D eigenvalue weighted by Gasteiger charge is -2.40. The Balaban J connectivity index is 0.00000300. The van der Waals surface area contributed by atoms with Gasteiger partial charge < -0.3 is 24.8 Å². The molecule has 29 heavy (non-hydrogen) atoms. The van der Waals surface area contributed by atoms with Gasteiger partial charge in [0, 0.05) is 32.7 Å². The summed E-state index contributed by atoms with van der Waals surface area (Å²) in [4.78, 5) is 4.35. The van der Waals surface area contributed by atoms with Crippen molar-refractivity contribution in [2.45, 2.75) is 46.3 Å². The van der Waals surface area contributed by atoms with E-state index in [2.05, 4.69) is 36.4 Å². The average molecular weight is 538 g/mol. The lowest BCUT2D eigenvalue weighted by Crippen LogP contribution is -2.47. The molecule has 1 fully saturated rings. The van der Waals surface area contributed by atoms with Crippen LogP contribution < -0.4 is 20.1 Å². The second-order valence-electron chi connectivity index (χ2n) is 8.47. The minimum Gasteiger partial charge on any atom is -0.486 e. The monoisotopic (exact) mass is 537 g/mol. The van der Waals surface area contributed by atoms with Crippen LogP contribution in [0.15, 0.2) is 17.1 Å². The quantitative estimate of drug-likeness (QED) is 0.342. The van der Waals surface area contributed by atoms with Crippen molar-refractivity contribution >= 4 is 41.5 Å². The number of nitrogens with zero attached hydrogens (tertiary/aromatic N) is 1. The van der Waals surface area contributed by atoms with E-state index in [0.29, 0.717) is 42.2 Å². The standard InChI is InChI=1S/C21H32ClN3O3.HI/c1-21(2,3)19-15(6-5-7-28-19)13-25-20(23-4)24-12-14-10-16(22)18-17(11-14)26-8-9-27-18;/h10-11,15,19H,5-9,12-13H2,1-4H3,(H2,23,24,25);1H. The molecule has 1 aromatic rings. The molecule has 6 nitrogen and oxygen atoms in total. The molecule has 0 aromatic heterocycles. The number of nitrogens with one attached hydrogen (secondary N) is 2. The van der Waals surface area contributed by atoms with E-state index < -0.39 is 0 Å². The third-order valence-corrected chi connectivity index (χ3v) is 5.45. The van der Waals surface area contributed by atoms with Gasteiger partial charge in [-0.2, -0.15) is 0 Å². The molecule has 1 saturated heterocycles. The molecule has 0 aliphatic carbocycles. The van der Waals surface area contributed by atoms with Crippen molar-refractivity contribution < 1.29 is 14.2 Å². The lowest BCUT2D eigenvalue weighted by atomic mass is 9.78. The highest BCUT2D eigenvalue weighted by molar-refractivity contribution is 14.0. The molecule has 2 aliphatic rings. The predicted octanol–water partition coefficient (Wildman–Crippen LogP) is 4.24. The van der Waals surface area contributed by atoms with Crippen LogP contribution in [0.25, 0.3) is 0 Å². The summed E-state index contributed by atoms with van der Waals surface area (Å²) in [5, 5.41) is 7.39. The Kier molecular flexibility index (Phi) is 9.15. The van der Waals surface area contributed by atoms with Gasteiger partial charge in [-0.05, 0) is 36.0 Å². The van der Waals surface area contributed by atoms with Crippen molar-refractivity contribution in [2.75, 3.05) is 33.4 Å². The Morgan fingerprint density at radius 2 is 1.93 bits per heavy atom. The second-order valence-corrected chi connectivity index (χ2v) is 8.88. The van der Waals surface area contributed by atoms with Gasteiger partial charge in [-0.15, -0.1) is 24.0 Å². The van der Waals surface area contributed by atoms with Crippen molar-refractivity contribution in [3.05, 3.63) is 22.7 Å². The van der Waals surface area contributed by atoms with Gasteiger partial charge in [0.1, 0.15) is 13.2 Å². The first-order chi connectivity index (χ1) is 13.4. The first kappa shape index (κ1) is 24.3. The Bertz CT molecular complexity index is 709. The van der Waals surface area contributed by atoms with E-state index in [1.165, 1.54) is 6.42 Å². The fourth-order valence-electron chi connectivity index (χ4n) is 3.91. The van der Waals surface area contributed by atoms with Crippen LogP contribution in [0, 0.1) is 11.3 Å². The summed E-state index contributed by atoms with van der Waals surface area (Å²) < 4.78 is 17.3. The third kappa shape index (κ3) is 6.52. The number of benzene rings is 1. The number of hydrogen-bond donors (Lipinski definition) is 2. The van der Waals surface area contributed by atoms with Gasteiger partial charge in [0.25, 0.3) is 0 Å². The fourth-order valence-corrected chi connectivity index (χ4v) is 4.20. The molecule has 2 aliphatic heterocycles. The summed E-state index contributed by atoms with van der Waals surface area (Å²) in [7, 11) is 1.78. The summed E-state index contributed by atoms with van der Waals surface area (Å²) in [6.07, 6.45) is 2.54. The van der Waals surface area contributed by atoms with Crippen LogP contribution in [-0.2, 0) is 11.3 Å². The van der Waals surface area contributed by atoms with Crippen molar-refractivity contribution in [1.82, 2.24) is 10.6 Å². The van der Waals surface area contributed by atoms with Crippen LogP contribution in [-0.4, -0.2) is 45.5 Å². The predicted molar refractivity (Wildman–Crippen MR) is 128 cm³/mol. The Morgan fingerprint density at radius 3 is 2.66 bits per heavy atom. The third-order valence-electron chi connectivity index (χ3n) is 5.17. The molecule has 0 bridgehead atoms. The van der Waals surface area contributed by atoms with E-state index in [1.54, 1.807) is 7.05 Å². The lowest BCUT2D eigenvalue weighted by molar-refractivity contribution is -0.0835. The SMILES string of the molecule is CN=C(NCc1cc(Cl)c2c(c1)OCCO2)NCC1CCCOC1C(C)(C)C.I. The molecule has 0 saturated carbocycles. The van der Waals surface area contributed by atoms with Gasteiger partial charge in [0.2, 0.25) is 0 Å². The molecule has 8 heteroatoms. The molecule has 3 rings (SSSR count). The normalized spacial score (nSPS) is 21.9. The summed E-state index contributed by atoms with van der Waals surface area (Å²) >= 11 is 6.33. The van der Waals surface area contributed by atoms with Gasteiger partial charge >= 0.3 is 0 Å². The molecule has 2 unspecified atom stereocenters. The average Bonchev–Trinajstić information content (AvgIpc) is 2.68. The van der Waals surface area contributed by atoms with E-state index in [0.717, 1.165) is 31.1 Å². The number of halogens is 2. The van der Waals surface area contributed by atoms with Gasteiger partial charge in [0.05, 0.1) is 11.1 Å². The van der Waals surface area contributed by atoms with Gasteiger partial charge in [-0.1, -0.05) is 32.4 Å². The Labute approximate surface area is 196 Å². The summed E-state index contributed by atoms with van der Waals surface area (Å²) in [5.41, 5.74) is 1.15. The van der Waals surface area contributed by atoms with Gasteiger partial charge in [0.15, 0.2) is 17.5 Å². The van der Waals surface area contributed by atoms with E-state index in [4.69, 9.17) is 25.8 Å². The van der Waals surface area contributed by atoms with Crippen molar-refractivity contribution in [1.29, 1.82) is 0 Å². The van der Waals surface area contributed by atoms with Gasteiger partial charge in [-0.3, -0.25) is 4.99 Å². The maximum Gasteiger partial charge on any atom is 0.191 e. The van der Waals surface area contributed by atoms with E-state index in [-0.39, 0.29) is 35.5 Å². The molecule has 2 atom stereocenters. The fraction of sp³-hybridized carbons (Fsp3) is 0.667. The highest BCUT2D eigenvalue weighted by atomic mass is 127. The highest BCUT2D eigenvalue weighted by Crippen LogP contribution is 2.38. The van der Waals surface area contributed by atoms with Crippen LogP contribution in [0.3, 0.4) is 0 Å². The molecule has 0 spiro atoms. The minimum absolute atomic E-state index is 0. The molecular formula is C21H33ClIN3O3. The van der Waals surface area contributed by atoms with Crippen LogP contribution in [0.1, 0.15) is 39.2 Å². The number of hydrogen-bond acceptors (Lipinski definition) is 4. The van der Waals surface area contributed by atoms with Crippen LogP contribution in [0.5, 0.6) is 11.5 Å². The van der Waals surface area contributed by atoms with Crippen LogP contribution in [0.4, 0.5) is 0 Å². The minimum atomic E-state index is 0. The molecule has 1 aromatic carbocycles. The number of rotatable bonds is 4. The zero-order valence-corrected chi connectivity index (χ0v) is 20.8. The van der Waals surface area contributed by atoms with E-state index >= 15 is 0 Å². The Hall–Kier alpha value is -0.930. The van der Waals surface area contributed by atoms with Crippen molar-refractivity contribution in [3.8, 4) is 11.5 Å². The van der Waals surface area contributed by atoms with E-state index in [1.807, 2.05) is 12.1 Å². The number of fused-ring (bicyclic) bond motifs is 1. The van der Waals surface area contributed by atoms with Gasteiger partial charge in [-0.25, -0.2) is 0 Å². The Morgan fingerprint density at radius 1 is 1.17 bits per heavy atom. The topological polar surface area (TPSA) is 64.1 Å². The maximum absolute atomic E-state index is 6.33. The van der Waals surface area contributed by atoms with Crippen LogP contribution >= 0.6 is 35.6 Å². The smallest absolute Gasteiger partial charge is 0.191 e. The summed E-state index contributed by atoms with van der Waals surface area (Å²) in [6.45, 7) is 10.1. The molecule has 2 heterocycles. The van der Waals surface area contributed by atoms with E-state index in [9.17, 15) is 0 Å². The number of aliphatic imine (C=N–C) groups is 1. The van der Waals surface area contributed by atoms with Crippen molar-refractivity contribution in [3.63, 3.8) is 0 Å². The largest absolute Gasteiger partial charge is 0.486 e. The highest BCUT2D eigenvalue weighted by Gasteiger charge is 2.35. The molecule has 0 radical (unpaired) electrons. The number of guanidine groups is 1. The zero-order chi connectivity index (χ0) is 20.1. The number of ether oxygens (including phenoxy) is 3. The van der Waals surface area contributed by atoms with Crippen molar-refractivity contribution in [2.24, 2.45) is 16.3 Å².